The first kappa shape index (κ1) is 13.5. The van der Waals surface area contributed by atoms with E-state index >= 15 is 0 Å². The maximum atomic E-state index is 13.5. The van der Waals surface area contributed by atoms with Gasteiger partial charge in [0, 0.05) is 19.2 Å². The van der Waals surface area contributed by atoms with Gasteiger partial charge < -0.3 is 10.6 Å². The molecule has 0 radical (unpaired) electrons. The van der Waals surface area contributed by atoms with Gasteiger partial charge in [0.15, 0.2) is 0 Å². The van der Waals surface area contributed by atoms with E-state index in [2.05, 4.69) is 13.8 Å². The molecule has 0 aromatic heterocycles. The van der Waals surface area contributed by atoms with Crippen LogP contribution in [0.2, 0.25) is 0 Å². The van der Waals surface area contributed by atoms with Crippen LogP contribution in [0.25, 0.3) is 0 Å². The van der Waals surface area contributed by atoms with Crippen molar-refractivity contribution in [3.05, 3.63) is 21.5 Å². The number of halogens is 2. The van der Waals surface area contributed by atoms with E-state index in [4.69, 9.17) is 5.73 Å². The quantitative estimate of drug-likeness (QED) is 0.672. The number of nitrogens with two attached hydrogens (primary N) is 1. The van der Waals surface area contributed by atoms with Crippen LogP contribution in [0.4, 0.5) is 15.8 Å². The van der Waals surface area contributed by atoms with E-state index in [0.29, 0.717) is 15.3 Å². The largest absolute Gasteiger partial charge is 0.397 e. The molecule has 0 saturated heterocycles. The van der Waals surface area contributed by atoms with E-state index in [1.165, 1.54) is 6.07 Å². The lowest BCUT2D eigenvalue weighted by Crippen LogP contribution is -2.29. The molecule has 0 aliphatic rings. The zero-order valence-corrected chi connectivity index (χ0v) is 12.1. The summed E-state index contributed by atoms with van der Waals surface area (Å²) in [6, 6.07) is 3.57. The Morgan fingerprint density at radius 3 is 2.69 bits per heavy atom. The van der Waals surface area contributed by atoms with Gasteiger partial charge in [-0.2, -0.15) is 0 Å². The van der Waals surface area contributed by atoms with Crippen molar-refractivity contribution in [2.24, 2.45) is 0 Å². The summed E-state index contributed by atoms with van der Waals surface area (Å²) < 4.78 is 14.0. The molecule has 1 aromatic carbocycles. The topological polar surface area (TPSA) is 29.3 Å². The number of rotatable bonds is 4. The van der Waals surface area contributed by atoms with Crippen LogP contribution in [0, 0.1) is 9.39 Å². The van der Waals surface area contributed by atoms with Crippen LogP contribution in [-0.2, 0) is 0 Å². The van der Waals surface area contributed by atoms with Crippen molar-refractivity contribution in [1.29, 1.82) is 0 Å². The zero-order chi connectivity index (χ0) is 12.3. The summed E-state index contributed by atoms with van der Waals surface area (Å²) in [6.45, 7) is 4.26. The van der Waals surface area contributed by atoms with Crippen molar-refractivity contribution in [3.63, 3.8) is 0 Å². The Kier molecular flexibility index (Phi) is 4.83. The highest BCUT2D eigenvalue weighted by molar-refractivity contribution is 14.1. The standard InChI is InChI=1S/C12H18FIN2/c1-4-5-8(2)16(3)12-6-9(13)10(14)7-11(12)15/h6-8H,4-5,15H2,1-3H3. The molecule has 0 bridgehead atoms. The number of hydrogen-bond donors (Lipinski definition) is 1. The number of benzene rings is 1. The van der Waals surface area contributed by atoms with Crippen molar-refractivity contribution in [2.75, 3.05) is 17.7 Å². The minimum Gasteiger partial charge on any atom is -0.397 e. The molecule has 1 unspecified atom stereocenters. The fraction of sp³-hybridized carbons (Fsp3) is 0.500. The first-order valence-corrected chi connectivity index (χ1v) is 6.52. The minimum absolute atomic E-state index is 0.208. The van der Waals surface area contributed by atoms with Gasteiger partial charge in [-0.3, -0.25) is 0 Å². The van der Waals surface area contributed by atoms with Crippen molar-refractivity contribution in [1.82, 2.24) is 0 Å². The van der Waals surface area contributed by atoms with Gasteiger partial charge in [0.05, 0.1) is 14.9 Å². The Hall–Kier alpha value is -0.520. The first-order valence-electron chi connectivity index (χ1n) is 5.44. The molecular weight excluding hydrogens is 318 g/mol. The summed E-state index contributed by atoms with van der Waals surface area (Å²) in [5.74, 6) is -0.208. The molecule has 2 nitrogen and oxygen atoms in total. The second-order valence-corrected chi connectivity index (χ2v) is 5.24. The third-order valence-electron chi connectivity index (χ3n) is 2.82. The predicted molar refractivity (Wildman–Crippen MR) is 76.3 cm³/mol. The smallest absolute Gasteiger partial charge is 0.138 e. The number of nitrogen functional groups attached to an aromatic ring is 1. The Labute approximate surface area is 110 Å². The zero-order valence-electron chi connectivity index (χ0n) is 9.93. The van der Waals surface area contributed by atoms with Gasteiger partial charge in [-0.15, -0.1) is 0 Å². The summed E-state index contributed by atoms with van der Waals surface area (Å²) in [6.07, 6.45) is 2.18. The van der Waals surface area contributed by atoms with Crippen molar-refractivity contribution < 1.29 is 4.39 Å². The van der Waals surface area contributed by atoms with Gasteiger partial charge in [-0.25, -0.2) is 4.39 Å². The van der Waals surface area contributed by atoms with E-state index in [1.54, 1.807) is 6.07 Å². The van der Waals surface area contributed by atoms with Crippen LogP contribution in [0.3, 0.4) is 0 Å². The van der Waals surface area contributed by atoms with Crippen molar-refractivity contribution in [2.45, 2.75) is 32.7 Å². The highest BCUT2D eigenvalue weighted by Gasteiger charge is 2.14. The summed E-state index contributed by atoms with van der Waals surface area (Å²) in [7, 11) is 1.96. The number of hydrogen-bond acceptors (Lipinski definition) is 2. The lowest BCUT2D eigenvalue weighted by molar-refractivity contribution is 0.604. The predicted octanol–water partition coefficient (Wildman–Crippen LogP) is 3.64. The molecule has 0 aliphatic carbocycles. The summed E-state index contributed by atoms with van der Waals surface area (Å²) in [5, 5.41) is 0. The van der Waals surface area contributed by atoms with Gasteiger partial charge in [0.1, 0.15) is 5.82 Å². The van der Waals surface area contributed by atoms with Gasteiger partial charge in [-0.1, -0.05) is 13.3 Å². The third-order valence-corrected chi connectivity index (χ3v) is 3.64. The van der Waals surface area contributed by atoms with E-state index < -0.39 is 0 Å². The Bertz CT molecular complexity index is 368. The summed E-state index contributed by atoms with van der Waals surface area (Å²) in [5.41, 5.74) is 7.32. The highest BCUT2D eigenvalue weighted by atomic mass is 127. The van der Waals surface area contributed by atoms with Gasteiger partial charge in [-0.05, 0) is 42.0 Å². The second-order valence-electron chi connectivity index (χ2n) is 4.07. The van der Waals surface area contributed by atoms with Gasteiger partial charge >= 0.3 is 0 Å². The van der Waals surface area contributed by atoms with E-state index in [-0.39, 0.29) is 5.82 Å². The lowest BCUT2D eigenvalue weighted by atomic mass is 10.1. The van der Waals surface area contributed by atoms with Crippen molar-refractivity contribution >= 4 is 34.0 Å². The first-order chi connectivity index (χ1) is 7.47. The van der Waals surface area contributed by atoms with E-state index in [1.807, 2.05) is 34.5 Å². The van der Waals surface area contributed by atoms with Gasteiger partial charge in [0.2, 0.25) is 0 Å². The van der Waals surface area contributed by atoms with Crippen LogP contribution in [0.1, 0.15) is 26.7 Å². The number of anilines is 2. The minimum atomic E-state index is -0.208. The van der Waals surface area contributed by atoms with Crippen molar-refractivity contribution in [3.8, 4) is 0 Å². The molecule has 0 fully saturated rings. The number of nitrogens with zero attached hydrogens (tertiary/aromatic N) is 1. The Balaban J connectivity index is 2.99. The average Bonchev–Trinajstić information content (AvgIpc) is 2.23. The molecule has 0 amide bonds. The van der Waals surface area contributed by atoms with E-state index in [0.717, 1.165) is 18.5 Å². The maximum Gasteiger partial charge on any atom is 0.138 e. The molecule has 90 valence electrons. The van der Waals surface area contributed by atoms with Gasteiger partial charge in [0.25, 0.3) is 0 Å². The van der Waals surface area contributed by atoms with Crippen LogP contribution in [0.5, 0.6) is 0 Å². The summed E-state index contributed by atoms with van der Waals surface area (Å²) >= 11 is 1.95. The Morgan fingerprint density at radius 1 is 1.50 bits per heavy atom. The average molecular weight is 336 g/mol. The third kappa shape index (κ3) is 2.99. The molecule has 1 aromatic rings. The molecule has 16 heavy (non-hydrogen) atoms. The molecule has 2 N–H and O–H groups in total. The molecular formula is C12H18FIN2. The molecule has 0 spiro atoms. The van der Waals surface area contributed by atoms with Crippen LogP contribution >= 0.6 is 22.6 Å². The second kappa shape index (κ2) is 5.70. The molecule has 0 heterocycles. The normalized spacial score (nSPS) is 12.6. The highest BCUT2D eigenvalue weighted by Crippen LogP contribution is 2.28. The monoisotopic (exact) mass is 336 g/mol. The van der Waals surface area contributed by atoms with Crippen LogP contribution < -0.4 is 10.6 Å². The lowest BCUT2D eigenvalue weighted by Gasteiger charge is -2.28. The summed E-state index contributed by atoms with van der Waals surface area (Å²) in [4.78, 5) is 2.04. The Morgan fingerprint density at radius 2 is 2.12 bits per heavy atom. The van der Waals surface area contributed by atoms with E-state index in [9.17, 15) is 4.39 Å². The molecule has 1 rings (SSSR count). The molecule has 0 aliphatic heterocycles. The maximum absolute atomic E-state index is 13.5. The van der Waals surface area contributed by atoms with Crippen LogP contribution in [-0.4, -0.2) is 13.1 Å². The molecule has 0 saturated carbocycles. The SMILES string of the molecule is CCCC(C)N(C)c1cc(F)c(I)cc1N. The fourth-order valence-corrected chi connectivity index (χ4v) is 2.20. The molecule has 1 atom stereocenters. The van der Waals surface area contributed by atoms with Crippen LogP contribution in [0.15, 0.2) is 12.1 Å². The molecule has 4 heteroatoms. The fourth-order valence-electron chi connectivity index (χ4n) is 1.71.